The summed E-state index contributed by atoms with van der Waals surface area (Å²) in [7, 11) is 4.58. The lowest BCUT2D eigenvalue weighted by atomic mass is 9.22. The van der Waals surface area contributed by atoms with Crippen molar-refractivity contribution in [2.45, 2.75) is 6.42 Å². The Morgan fingerprint density at radius 3 is 1.85 bits per heavy atom. The Morgan fingerprint density at radius 1 is 0.769 bits per heavy atom. The van der Waals surface area contributed by atoms with Crippen molar-refractivity contribution in [2.75, 3.05) is 20.6 Å². The van der Waals surface area contributed by atoms with Gasteiger partial charge in [-0.2, -0.15) is 0 Å². The number of hydrogen-bond acceptors (Lipinski definition) is 3. The molecule has 0 fully saturated rings. The maximum Gasteiger partial charge on any atom is 0.326 e. The van der Waals surface area contributed by atoms with E-state index in [1.165, 1.54) is 5.47 Å². The molecule has 0 unspecified atom stereocenters. The van der Waals surface area contributed by atoms with Gasteiger partial charge >= 0.3 is 6.28 Å². The zero-order valence-electron chi connectivity index (χ0n) is 15.3. The molecule has 0 amide bonds. The van der Waals surface area contributed by atoms with Gasteiger partial charge < -0.3 is 4.39 Å². The van der Waals surface area contributed by atoms with Gasteiger partial charge in [0.15, 0.2) is 0 Å². The zero-order valence-corrected chi connectivity index (χ0v) is 15.3. The third-order valence-corrected chi connectivity index (χ3v) is 5.76. The highest BCUT2D eigenvalue weighted by Gasteiger charge is 2.51. The topological polar surface area (TPSA) is 38.7 Å². The van der Waals surface area contributed by atoms with E-state index in [-0.39, 0.29) is 0 Å². The van der Waals surface area contributed by atoms with Gasteiger partial charge in [-0.15, -0.1) is 11.5 Å². The Bertz CT molecular complexity index is 869. The Hall–Kier alpha value is -2.79. The molecular weight excluding hydrogens is 319 g/mol. The second kappa shape index (κ2) is 6.50. The van der Waals surface area contributed by atoms with Gasteiger partial charge in [0.1, 0.15) is 0 Å². The first-order chi connectivity index (χ1) is 12.7. The summed E-state index contributed by atoms with van der Waals surface area (Å²) >= 11 is 0. The van der Waals surface area contributed by atoms with E-state index < -0.39 is 6.28 Å². The Labute approximate surface area is 154 Å². The zero-order chi connectivity index (χ0) is 18.0. The van der Waals surface area contributed by atoms with Gasteiger partial charge in [-0.3, -0.25) is 15.0 Å². The fourth-order valence-electron chi connectivity index (χ4n) is 4.58. The molecule has 3 aromatic rings. The van der Waals surface area contributed by atoms with Gasteiger partial charge in [0.25, 0.3) is 0 Å². The molecule has 0 saturated heterocycles. The molecule has 1 aliphatic rings. The van der Waals surface area contributed by atoms with Gasteiger partial charge in [-0.1, -0.05) is 30.3 Å². The Balaban J connectivity index is 2.09. The lowest BCUT2D eigenvalue weighted by Gasteiger charge is -2.58. The van der Waals surface area contributed by atoms with Gasteiger partial charge in [0, 0.05) is 51.3 Å². The van der Waals surface area contributed by atoms with Crippen LogP contribution in [0.2, 0.25) is 0 Å². The van der Waals surface area contributed by atoms with Crippen molar-refractivity contribution in [3.05, 3.63) is 85.0 Å². The second-order valence-electron chi connectivity index (χ2n) is 7.49. The van der Waals surface area contributed by atoms with E-state index in [4.69, 9.17) is 15.0 Å². The van der Waals surface area contributed by atoms with Gasteiger partial charge in [0.2, 0.25) is 0 Å². The average Bonchev–Trinajstić information content (AvgIpc) is 2.69. The molecule has 130 valence electrons. The van der Waals surface area contributed by atoms with Crippen molar-refractivity contribution in [1.29, 1.82) is 0 Å². The van der Waals surface area contributed by atoms with E-state index in [0.717, 1.165) is 34.2 Å². The van der Waals surface area contributed by atoms with Crippen molar-refractivity contribution < 1.29 is 4.39 Å². The van der Waals surface area contributed by atoms with Crippen molar-refractivity contribution in [3.63, 3.8) is 0 Å². The van der Waals surface area contributed by atoms with Crippen LogP contribution in [0.15, 0.2) is 79.3 Å². The summed E-state index contributed by atoms with van der Waals surface area (Å²) in [6, 6.07) is 18.5. The summed E-state index contributed by atoms with van der Waals surface area (Å²) in [5, 5.41) is 0. The Kier molecular flexibility index (Phi) is 4.17. The summed E-state index contributed by atoms with van der Waals surface area (Å²) in [5.41, 5.74) is 4.37. The molecule has 4 nitrogen and oxygen atoms in total. The lowest BCUT2D eigenvalue weighted by Crippen LogP contribution is -2.80. The van der Waals surface area contributed by atoms with E-state index in [0.29, 0.717) is 0 Å². The van der Waals surface area contributed by atoms with Crippen molar-refractivity contribution >= 4 is 22.9 Å². The molecule has 0 aliphatic carbocycles. The molecule has 26 heavy (non-hydrogen) atoms. The van der Waals surface area contributed by atoms with E-state index in [9.17, 15) is 0 Å². The van der Waals surface area contributed by atoms with E-state index in [1.54, 1.807) is 0 Å². The highest BCUT2D eigenvalue weighted by Crippen LogP contribution is 2.34. The van der Waals surface area contributed by atoms with Crippen molar-refractivity contribution in [3.8, 4) is 0 Å². The molecule has 1 aliphatic heterocycles. The molecule has 0 N–H and O–H groups in total. The summed E-state index contributed by atoms with van der Waals surface area (Å²) in [4.78, 5) is 14.3. The molecule has 0 radical (unpaired) electrons. The van der Waals surface area contributed by atoms with Crippen LogP contribution in [0.25, 0.3) is 5.47 Å². The van der Waals surface area contributed by atoms with Crippen LogP contribution in [-0.2, 0) is 0 Å². The van der Waals surface area contributed by atoms with Crippen molar-refractivity contribution in [2.24, 2.45) is 0 Å². The molecule has 5 heteroatoms. The first-order valence-electron chi connectivity index (χ1n) is 9.09. The number of rotatable bonds is 3. The number of pyridine rings is 3. The average molecular weight is 342 g/mol. The number of hydrogen-bond donors (Lipinski definition) is 0. The van der Waals surface area contributed by atoms with Crippen LogP contribution in [0, 0.1) is 0 Å². The van der Waals surface area contributed by atoms with E-state index >= 15 is 0 Å². The fraction of sp³-hybridized carbons (Fsp3) is 0.190. The minimum Gasteiger partial charge on any atom is -0.506 e. The predicted molar refractivity (Wildman–Crippen MR) is 107 cm³/mol. The minimum absolute atomic E-state index is 0.802. The van der Waals surface area contributed by atoms with E-state index in [1.807, 2.05) is 36.8 Å². The van der Waals surface area contributed by atoms with Crippen LogP contribution in [0.3, 0.4) is 0 Å². The minimum atomic E-state index is -1.41. The van der Waals surface area contributed by atoms with Gasteiger partial charge in [-0.05, 0) is 35.5 Å². The molecular formula is C21H23BN4. The first-order valence-corrected chi connectivity index (χ1v) is 9.09. The number of quaternary nitrogens is 1. The number of nitrogens with zero attached hydrogens (tertiary/aromatic N) is 4. The van der Waals surface area contributed by atoms with E-state index in [2.05, 4.69) is 56.6 Å². The van der Waals surface area contributed by atoms with Crippen LogP contribution in [0.5, 0.6) is 0 Å². The molecule has 0 spiro atoms. The largest absolute Gasteiger partial charge is 0.506 e. The summed E-state index contributed by atoms with van der Waals surface area (Å²) in [6.45, 7) is 1.03. The molecule has 0 saturated carbocycles. The fourth-order valence-corrected chi connectivity index (χ4v) is 4.58. The summed E-state index contributed by atoms with van der Waals surface area (Å²) in [5.74, 6) is 0. The SMILES string of the molecule is C[N+]1(C)CCC=C(c2ccccn2)[B-]1(c1ccccn1)c1ccccn1. The van der Waals surface area contributed by atoms with Gasteiger partial charge in [0.05, 0.1) is 0 Å². The standard InChI is InChI=1S/C21H23BN4/c1-26(2)17-9-10-18(19-11-3-6-14-23-19)22(26,20-12-4-7-15-24-20)21-13-5-8-16-25-21/h3-8,10-16H,9,17H2,1-2H3. The van der Waals surface area contributed by atoms with Crippen LogP contribution in [0.1, 0.15) is 12.1 Å². The highest BCUT2D eigenvalue weighted by molar-refractivity contribution is 7.09. The quantitative estimate of drug-likeness (QED) is 0.684. The maximum absolute atomic E-state index is 4.83. The predicted octanol–water partition coefficient (Wildman–Crippen LogP) is 2.03. The smallest absolute Gasteiger partial charge is 0.326 e. The molecule has 4 heterocycles. The third-order valence-electron chi connectivity index (χ3n) is 5.76. The lowest BCUT2D eigenvalue weighted by molar-refractivity contribution is -0.786. The summed E-state index contributed by atoms with van der Waals surface area (Å²) < 4.78 is 0.802. The molecule has 4 rings (SSSR count). The van der Waals surface area contributed by atoms with Crippen molar-refractivity contribution in [1.82, 2.24) is 15.0 Å². The third kappa shape index (κ3) is 2.47. The normalized spacial score (nSPS) is 18.2. The molecule has 3 aromatic heterocycles. The van der Waals surface area contributed by atoms with Gasteiger partial charge in [-0.25, -0.2) is 0 Å². The second-order valence-corrected chi connectivity index (χ2v) is 7.49. The monoisotopic (exact) mass is 342 g/mol. The highest BCUT2D eigenvalue weighted by atomic mass is 15.3. The summed E-state index contributed by atoms with van der Waals surface area (Å²) in [6.07, 6.45) is 7.57. The van der Waals surface area contributed by atoms with Crippen LogP contribution in [-0.4, -0.2) is 46.3 Å². The Morgan fingerprint density at radius 2 is 1.35 bits per heavy atom. The first kappa shape index (κ1) is 16.7. The van der Waals surface area contributed by atoms with Crippen LogP contribution >= 0.6 is 0 Å². The maximum atomic E-state index is 4.83. The number of aromatic nitrogens is 3. The van der Waals surface area contributed by atoms with Crippen LogP contribution in [0.4, 0.5) is 0 Å². The molecule has 0 aromatic carbocycles. The molecule has 0 atom stereocenters. The molecule has 0 bridgehead atoms. The van der Waals surface area contributed by atoms with Crippen LogP contribution < -0.4 is 11.2 Å².